The molecule has 2 rings (SSSR count). The third-order valence-electron chi connectivity index (χ3n) is 3.59. The maximum atomic E-state index is 13.4. The van der Waals surface area contributed by atoms with Crippen molar-refractivity contribution in [2.24, 2.45) is 5.92 Å². The molecule has 20 heavy (non-hydrogen) atoms. The van der Waals surface area contributed by atoms with Crippen molar-refractivity contribution in [2.45, 2.75) is 12.8 Å². The molecule has 4 nitrogen and oxygen atoms in total. The molecule has 1 fully saturated rings. The predicted molar refractivity (Wildman–Crippen MR) is 75.1 cm³/mol. The summed E-state index contributed by atoms with van der Waals surface area (Å²) in [4.78, 5) is 13.9. The Labute approximate surface area is 118 Å². The topological polar surface area (TPSA) is 41.6 Å². The number of halogens is 1. The summed E-state index contributed by atoms with van der Waals surface area (Å²) < 4.78 is 18.7. The van der Waals surface area contributed by atoms with E-state index >= 15 is 0 Å². The lowest BCUT2D eigenvalue weighted by atomic mass is 9.97. The largest absolute Gasteiger partial charge is 0.489 e. The number of para-hydroxylation sites is 1. The molecule has 1 aliphatic rings. The van der Waals surface area contributed by atoms with Gasteiger partial charge in [-0.05, 0) is 38.1 Å². The minimum atomic E-state index is -0.375. The fourth-order valence-corrected chi connectivity index (χ4v) is 2.35. The van der Waals surface area contributed by atoms with Gasteiger partial charge in [-0.1, -0.05) is 12.1 Å². The zero-order valence-electron chi connectivity index (χ0n) is 11.8. The normalized spacial score (nSPS) is 15.9. The molecule has 1 aliphatic heterocycles. The van der Waals surface area contributed by atoms with E-state index < -0.39 is 0 Å². The monoisotopic (exact) mass is 280 g/mol. The van der Waals surface area contributed by atoms with Crippen LogP contribution in [0.3, 0.4) is 0 Å². The Balaban J connectivity index is 1.75. The molecule has 1 N–H and O–H groups in total. The molecule has 110 valence electrons. The third-order valence-corrected chi connectivity index (χ3v) is 3.59. The van der Waals surface area contributed by atoms with Gasteiger partial charge in [0.2, 0.25) is 5.91 Å². The highest BCUT2D eigenvalue weighted by atomic mass is 19.1. The van der Waals surface area contributed by atoms with Crippen LogP contribution < -0.4 is 10.1 Å². The van der Waals surface area contributed by atoms with E-state index in [1.165, 1.54) is 6.07 Å². The lowest BCUT2D eigenvalue weighted by Gasteiger charge is -2.26. The number of carbonyl (C=O) groups excluding carboxylic acids is 1. The van der Waals surface area contributed by atoms with E-state index in [0.29, 0.717) is 13.2 Å². The summed E-state index contributed by atoms with van der Waals surface area (Å²) in [5, 5.41) is 3.24. The molecule has 1 saturated heterocycles. The highest BCUT2D eigenvalue weighted by Crippen LogP contribution is 2.16. The van der Waals surface area contributed by atoms with E-state index in [2.05, 4.69) is 5.32 Å². The Morgan fingerprint density at radius 3 is 2.80 bits per heavy atom. The van der Waals surface area contributed by atoms with Crippen molar-refractivity contribution in [2.75, 3.05) is 33.3 Å². The van der Waals surface area contributed by atoms with E-state index in [4.69, 9.17) is 4.74 Å². The van der Waals surface area contributed by atoms with E-state index in [1.807, 2.05) is 0 Å². The van der Waals surface area contributed by atoms with E-state index in [0.717, 1.165) is 25.9 Å². The minimum Gasteiger partial charge on any atom is -0.489 e. The van der Waals surface area contributed by atoms with Crippen LogP contribution in [0.25, 0.3) is 0 Å². The van der Waals surface area contributed by atoms with Crippen LogP contribution >= 0.6 is 0 Å². The van der Waals surface area contributed by atoms with Crippen molar-refractivity contribution in [1.29, 1.82) is 0 Å². The smallest absolute Gasteiger partial charge is 0.225 e. The van der Waals surface area contributed by atoms with Gasteiger partial charge in [0.15, 0.2) is 11.6 Å². The molecular weight excluding hydrogens is 259 g/mol. The van der Waals surface area contributed by atoms with Crippen molar-refractivity contribution in [1.82, 2.24) is 10.2 Å². The molecule has 5 heteroatoms. The number of carbonyl (C=O) groups is 1. The van der Waals surface area contributed by atoms with Gasteiger partial charge < -0.3 is 15.0 Å². The second-order valence-electron chi connectivity index (χ2n) is 5.06. The molecule has 1 heterocycles. The summed E-state index contributed by atoms with van der Waals surface area (Å²) in [5.74, 6) is 0.119. The zero-order valence-corrected chi connectivity index (χ0v) is 11.8. The number of nitrogens with one attached hydrogen (secondary N) is 1. The number of hydrogen-bond donors (Lipinski definition) is 1. The van der Waals surface area contributed by atoms with Crippen LogP contribution in [0.5, 0.6) is 5.75 Å². The van der Waals surface area contributed by atoms with Gasteiger partial charge in [0.05, 0.1) is 6.54 Å². The number of likely N-dealkylation sites (N-methyl/N-ethyl adjacent to an activating group) is 1. The fourth-order valence-electron chi connectivity index (χ4n) is 2.35. The lowest BCUT2D eigenvalue weighted by molar-refractivity contribution is -0.135. The highest BCUT2D eigenvalue weighted by Gasteiger charge is 2.23. The number of benzene rings is 1. The van der Waals surface area contributed by atoms with Crippen molar-refractivity contribution in [3.05, 3.63) is 30.1 Å². The van der Waals surface area contributed by atoms with Gasteiger partial charge in [0.1, 0.15) is 6.61 Å². The lowest BCUT2D eigenvalue weighted by Crippen LogP contribution is -2.40. The molecule has 0 bridgehead atoms. The van der Waals surface area contributed by atoms with Crippen LogP contribution in [0.2, 0.25) is 0 Å². The standard InChI is InChI=1S/C15H21FN2O2/c1-18(15(19)12-6-8-17-9-7-12)10-11-20-14-5-3-2-4-13(14)16/h2-5,12,17H,6-11H2,1H3. The van der Waals surface area contributed by atoms with Gasteiger partial charge in [-0.2, -0.15) is 0 Å². The number of amides is 1. The van der Waals surface area contributed by atoms with Crippen LogP contribution in [-0.2, 0) is 4.79 Å². The predicted octanol–water partition coefficient (Wildman–Crippen LogP) is 1.66. The Morgan fingerprint density at radius 1 is 1.40 bits per heavy atom. The molecule has 0 spiro atoms. The molecular formula is C15H21FN2O2. The van der Waals surface area contributed by atoms with Gasteiger partial charge in [-0.25, -0.2) is 4.39 Å². The molecule has 0 aliphatic carbocycles. The number of piperidine rings is 1. The van der Waals surface area contributed by atoms with Gasteiger partial charge >= 0.3 is 0 Å². The molecule has 0 saturated carbocycles. The fraction of sp³-hybridized carbons (Fsp3) is 0.533. The van der Waals surface area contributed by atoms with Gasteiger partial charge in [0.25, 0.3) is 0 Å². The van der Waals surface area contributed by atoms with Crippen molar-refractivity contribution < 1.29 is 13.9 Å². The van der Waals surface area contributed by atoms with Crippen LogP contribution in [0, 0.1) is 11.7 Å². The van der Waals surface area contributed by atoms with Crippen molar-refractivity contribution in [3.63, 3.8) is 0 Å². The summed E-state index contributed by atoms with van der Waals surface area (Å²) in [6, 6.07) is 6.29. The molecule has 1 aromatic rings. The number of hydrogen-bond acceptors (Lipinski definition) is 3. The van der Waals surface area contributed by atoms with Crippen molar-refractivity contribution >= 4 is 5.91 Å². The van der Waals surface area contributed by atoms with Gasteiger partial charge in [-0.15, -0.1) is 0 Å². The van der Waals surface area contributed by atoms with Crippen LogP contribution in [0.15, 0.2) is 24.3 Å². The van der Waals surface area contributed by atoms with E-state index in [-0.39, 0.29) is 23.4 Å². The maximum absolute atomic E-state index is 13.4. The average molecular weight is 280 g/mol. The summed E-state index contributed by atoms with van der Waals surface area (Å²) >= 11 is 0. The molecule has 0 aromatic heterocycles. The molecule has 1 aromatic carbocycles. The first kappa shape index (κ1) is 14.8. The summed E-state index contributed by atoms with van der Waals surface area (Å²) in [5.41, 5.74) is 0. The maximum Gasteiger partial charge on any atom is 0.225 e. The quantitative estimate of drug-likeness (QED) is 0.892. The second kappa shape index (κ2) is 7.24. The third kappa shape index (κ3) is 3.93. The first-order chi connectivity index (χ1) is 9.68. The first-order valence-electron chi connectivity index (χ1n) is 7.01. The minimum absolute atomic E-state index is 0.106. The van der Waals surface area contributed by atoms with Crippen molar-refractivity contribution in [3.8, 4) is 5.75 Å². The van der Waals surface area contributed by atoms with E-state index in [1.54, 1.807) is 30.1 Å². The zero-order chi connectivity index (χ0) is 14.4. The average Bonchev–Trinajstić information content (AvgIpc) is 2.49. The molecule has 0 radical (unpaired) electrons. The first-order valence-corrected chi connectivity index (χ1v) is 7.01. The van der Waals surface area contributed by atoms with Gasteiger partial charge in [-0.3, -0.25) is 4.79 Å². The Kier molecular flexibility index (Phi) is 5.35. The van der Waals surface area contributed by atoms with Crippen LogP contribution in [0.1, 0.15) is 12.8 Å². The Bertz CT molecular complexity index is 447. The Morgan fingerprint density at radius 2 is 2.10 bits per heavy atom. The summed E-state index contributed by atoms with van der Waals surface area (Å²) in [6.07, 6.45) is 1.77. The Hall–Kier alpha value is -1.62. The number of rotatable bonds is 5. The summed E-state index contributed by atoms with van der Waals surface area (Å²) in [6.45, 7) is 2.57. The van der Waals surface area contributed by atoms with Crippen LogP contribution in [-0.4, -0.2) is 44.1 Å². The molecule has 1 amide bonds. The van der Waals surface area contributed by atoms with Gasteiger partial charge in [0, 0.05) is 13.0 Å². The second-order valence-corrected chi connectivity index (χ2v) is 5.06. The van der Waals surface area contributed by atoms with E-state index in [9.17, 15) is 9.18 Å². The highest BCUT2D eigenvalue weighted by molar-refractivity contribution is 5.78. The number of ether oxygens (including phenoxy) is 1. The molecule has 0 unspecified atom stereocenters. The van der Waals surface area contributed by atoms with Crippen LogP contribution in [0.4, 0.5) is 4.39 Å². The molecule has 0 atom stereocenters. The summed E-state index contributed by atoms with van der Waals surface area (Å²) in [7, 11) is 1.77. The SMILES string of the molecule is CN(CCOc1ccccc1F)C(=O)C1CCNCC1. The number of nitrogens with zero attached hydrogens (tertiary/aromatic N) is 1.